The largest absolute Gasteiger partial charge is 0.508 e. The van der Waals surface area contributed by atoms with Crippen LogP contribution in [-0.2, 0) is 4.79 Å². The standard InChI is InChI=1S/C40H30ClN7O6S2/c1-18-19(2)56-38-34(18)36(21-4-6-22(41)7-5-21)43-30(37-46-44-20(3)48(37)38)17-33(51)45-47-40(55)42-23-8-11-26(29(14-23)39(52)53)35-27-12-9-24(49)15-31(27)54-32-16-25(50)10-13-28(32)35/h4-16,30,49H,17H2,1-3H3,(H,45,51)(H,52,53)(H2,42,47,55)/t30-/m0/s1. The molecule has 0 unspecified atom stereocenters. The number of thiocarbonyl (C=S) groups is 1. The van der Waals surface area contributed by atoms with Gasteiger partial charge in [-0.05, 0) is 92.6 Å². The zero-order valence-corrected chi connectivity index (χ0v) is 32.2. The number of aromatic hydroxyl groups is 1. The van der Waals surface area contributed by atoms with E-state index < -0.39 is 17.9 Å². The van der Waals surface area contributed by atoms with Crippen LogP contribution in [0.5, 0.6) is 5.75 Å². The highest BCUT2D eigenvalue weighted by Crippen LogP contribution is 2.43. The van der Waals surface area contributed by atoms with Crippen LogP contribution in [0.4, 0.5) is 5.69 Å². The van der Waals surface area contributed by atoms with Crippen molar-refractivity contribution in [2.45, 2.75) is 33.2 Å². The van der Waals surface area contributed by atoms with Crippen LogP contribution < -0.4 is 21.6 Å². The minimum Gasteiger partial charge on any atom is -0.508 e. The lowest BCUT2D eigenvalue weighted by molar-refractivity contribution is -0.122. The fourth-order valence-corrected chi connectivity index (χ4v) is 8.32. The number of aliphatic imine (C=N–C) groups is 1. The number of hydrogen-bond acceptors (Lipinski definition) is 10. The monoisotopic (exact) mass is 803 g/mol. The van der Waals surface area contributed by atoms with Crippen LogP contribution in [0.1, 0.15) is 56.0 Å². The average molecular weight is 804 g/mol. The van der Waals surface area contributed by atoms with Crippen molar-refractivity contribution in [3.05, 3.63) is 133 Å². The number of hydrazine groups is 1. The van der Waals surface area contributed by atoms with E-state index in [1.165, 1.54) is 30.3 Å². The van der Waals surface area contributed by atoms with Gasteiger partial charge in [-0.25, -0.2) is 4.79 Å². The number of carbonyl (C=O) groups is 2. The first-order valence-corrected chi connectivity index (χ1v) is 18.8. The second-order valence-corrected chi connectivity index (χ2v) is 15.2. The third-order valence-corrected chi connectivity index (χ3v) is 11.2. The number of fused-ring (bicyclic) bond motifs is 5. The Morgan fingerprint density at radius 2 is 1.71 bits per heavy atom. The molecule has 3 aliphatic rings. The number of aromatic nitrogens is 3. The summed E-state index contributed by atoms with van der Waals surface area (Å²) in [5, 5.41) is 34.2. The van der Waals surface area contributed by atoms with E-state index in [1.54, 1.807) is 47.7 Å². The van der Waals surface area contributed by atoms with E-state index in [1.807, 2.05) is 30.5 Å². The maximum Gasteiger partial charge on any atom is 0.336 e. The van der Waals surface area contributed by atoms with E-state index in [-0.39, 0.29) is 39.6 Å². The predicted molar refractivity (Wildman–Crippen MR) is 219 cm³/mol. The van der Waals surface area contributed by atoms with Crippen LogP contribution in [0.25, 0.3) is 38.4 Å². The fourth-order valence-electron chi connectivity index (χ4n) is 6.81. The molecule has 8 rings (SSSR count). The molecule has 4 heterocycles. The number of halogens is 1. The SMILES string of the molecule is Cc1sc2c(c1C)C(c1ccc(Cl)cc1)=N[C@@H](CC(=O)NNC(=S)Nc1ccc(-c3c4ccc(=O)cc-4oc4cc(O)ccc34)c(C(=O)O)c1)c1nnc(C)n1-2. The summed E-state index contributed by atoms with van der Waals surface area (Å²) in [6, 6.07) is 20.1. The van der Waals surface area contributed by atoms with E-state index in [2.05, 4.69) is 33.3 Å². The number of rotatable bonds is 6. The van der Waals surface area contributed by atoms with Crippen molar-refractivity contribution in [3.63, 3.8) is 0 Å². The molecule has 56 heavy (non-hydrogen) atoms. The predicted octanol–water partition coefficient (Wildman–Crippen LogP) is 7.49. The van der Waals surface area contributed by atoms with Crippen molar-refractivity contribution in [3.8, 4) is 33.2 Å². The van der Waals surface area contributed by atoms with Gasteiger partial charge in [-0.3, -0.25) is 30.0 Å². The van der Waals surface area contributed by atoms with Gasteiger partial charge in [0.05, 0.1) is 17.7 Å². The molecule has 5 N–H and O–H groups in total. The first-order valence-electron chi connectivity index (χ1n) is 17.2. The van der Waals surface area contributed by atoms with Crippen molar-refractivity contribution >= 4 is 74.5 Å². The summed E-state index contributed by atoms with van der Waals surface area (Å²) in [6.07, 6.45) is -0.105. The van der Waals surface area contributed by atoms with Crippen molar-refractivity contribution in [2.75, 3.05) is 5.32 Å². The van der Waals surface area contributed by atoms with Gasteiger partial charge in [-0.15, -0.1) is 21.5 Å². The molecule has 0 radical (unpaired) electrons. The van der Waals surface area contributed by atoms with Crippen LogP contribution in [0.3, 0.4) is 0 Å². The molecule has 3 aromatic carbocycles. The number of amides is 1. The number of benzene rings is 4. The summed E-state index contributed by atoms with van der Waals surface area (Å²) in [5.74, 6) is -0.300. The smallest absolute Gasteiger partial charge is 0.336 e. The average Bonchev–Trinajstić information content (AvgIpc) is 3.64. The maximum atomic E-state index is 13.5. The third kappa shape index (κ3) is 6.65. The summed E-state index contributed by atoms with van der Waals surface area (Å²) in [5.41, 5.74) is 10.5. The second kappa shape index (κ2) is 14.3. The third-order valence-electron chi connectivity index (χ3n) is 9.51. The van der Waals surface area contributed by atoms with E-state index in [4.69, 9.17) is 33.2 Å². The molecule has 2 aliphatic heterocycles. The van der Waals surface area contributed by atoms with E-state index in [0.29, 0.717) is 50.1 Å². The van der Waals surface area contributed by atoms with Gasteiger partial charge in [-0.2, -0.15) is 0 Å². The Morgan fingerprint density at radius 1 is 0.946 bits per heavy atom. The molecular formula is C40H30ClN7O6S2. The Labute approximate surface area is 332 Å². The molecule has 0 spiro atoms. The summed E-state index contributed by atoms with van der Waals surface area (Å²) in [4.78, 5) is 44.6. The number of aromatic carboxylic acids is 1. The molecule has 13 nitrogen and oxygen atoms in total. The zero-order valence-electron chi connectivity index (χ0n) is 29.8. The summed E-state index contributed by atoms with van der Waals surface area (Å²) < 4.78 is 7.87. The van der Waals surface area contributed by atoms with Crippen molar-refractivity contribution < 1.29 is 24.2 Å². The van der Waals surface area contributed by atoms with E-state index >= 15 is 0 Å². The molecule has 5 aromatic rings. The second-order valence-electron chi connectivity index (χ2n) is 13.1. The Kier molecular flexibility index (Phi) is 9.36. The number of phenolic OH excluding ortho intramolecular Hbond substituents is 1. The lowest BCUT2D eigenvalue weighted by Crippen LogP contribution is -2.44. The number of carboxylic acids is 1. The zero-order chi connectivity index (χ0) is 39.4. The van der Waals surface area contributed by atoms with Gasteiger partial charge in [0.25, 0.3) is 0 Å². The van der Waals surface area contributed by atoms with Crippen molar-refractivity contribution in [1.82, 2.24) is 25.6 Å². The summed E-state index contributed by atoms with van der Waals surface area (Å²) in [6.45, 7) is 5.96. The molecule has 280 valence electrons. The Bertz CT molecular complexity index is 2830. The molecule has 16 heteroatoms. The highest BCUT2D eigenvalue weighted by atomic mass is 35.5. The number of hydrogen-bond donors (Lipinski definition) is 5. The number of thiophene rings is 1. The molecule has 0 fully saturated rings. The highest BCUT2D eigenvalue weighted by Gasteiger charge is 2.32. The number of phenols is 1. The number of anilines is 1. The van der Waals surface area contributed by atoms with Gasteiger partial charge in [0.1, 0.15) is 34.0 Å². The van der Waals surface area contributed by atoms with E-state index in [9.17, 15) is 24.6 Å². The molecule has 2 aromatic heterocycles. The van der Waals surface area contributed by atoms with Gasteiger partial charge in [0.2, 0.25) is 5.91 Å². The minimum absolute atomic E-state index is 0.00573. The number of aryl methyl sites for hydroxylation is 2. The van der Waals surface area contributed by atoms with Crippen LogP contribution >= 0.6 is 35.2 Å². The first kappa shape index (κ1) is 36.6. The normalized spacial score (nSPS) is 13.4. The Hall–Kier alpha value is -6.42. The number of carbonyl (C=O) groups excluding carboxylic acids is 1. The van der Waals surface area contributed by atoms with Gasteiger partial charge >= 0.3 is 5.97 Å². The molecule has 0 bridgehead atoms. The fraction of sp³-hybridized carbons (Fsp3) is 0.125. The molecule has 0 saturated carbocycles. The topological polar surface area (TPSA) is 184 Å². The van der Waals surface area contributed by atoms with Crippen LogP contribution in [0, 0.1) is 20.8 Å². The maximum absolute atomic E-state index is 13.5. The number of carboxylic acid groups (broad SMARTS) is 1. The highest BCUT2D eigenvalue weighted by molar-refractivity contribution is 7.80. The quantitative estimate of drug-likeness (QED) is 0.0638. The minimum atomic E-state index is -1.22. The van der Waals surface area contributed by atoms with Crippen LogP contribution in [0.15, 0.2) is 93.1 Å². The number of nitrogens with zero attached hydrogens (tertiary/aromatic N) is 4. The van der Waals surface area contributed by atoms with Crippen LogP contribution in [0.2, 0.25) is 5.02 Å². The lowest BCUT2D eigenvalue weighted by Gasteiger charge is -2.18. The molecular weight excluding hydrogens is 774 g/mol. The van der Waals surface area contributed by atoms with Crippen LogP contribution in [-0.4, -0.2) is 47.7 Å². The van der Waals surface area contributed by atoms with E-state index in [0.717, 1.165) is 26.6 Å². The lowest BCUT2D eigenvalue weighted by atomic mass is 9.90. The van der Waals surface area contributed by atoms with Gasteiger partial charge < -0.3 is 19.9 Å². The summed E-state index contributed by atoms with van der Waals surface area (Å²) in [7, 11) is 0. The molecule has 1 aliphatic carbocycles. The molecule has 1 amide bonds. The number of nitrogens with one attached hydrogen (secondary N) is 3. The molecule has 0 saturated heterocycles. The van der Waals surface area contributed by atoms with Gasteiger partial charge in [0, 0.05) is 55.4 Å². The van der Waals surface area contributed by atoms with Crippen molar-refractivity contribution in [2.24, 2.45) is 4.99 Å². The van der Waals surface area contributed by atoms with Gasteiger partial charge in [0.15, 0.2) is 16.4 Å². The van der Waals surface area contributed by atoms with Crippen molar-refractivity contribution in [1.29, 1.82) is 0 Å². The molecule has 1 atom stereocenters. The Morgan fingerprint density at radius 3 is 2.48 bits per heavy atom. The first-order chi connectivity index (χ1) is 26.9. The Balaban J connectivity index is 1.04. The van der Waals surface area contributed by atoms with Gasteiger partial charge in [-0.1, -0.05) is 29.8 Å². The summed E-state index contributed by atoms with van der Waals surface area (Å²) >= 11 is 13.3.